The molecule has 14 heteroatoms. The van der Waals surface area contributed by atoms with Crippen LogP contribution in [0.1, 0.15) is 72.3 Å². The maximum atomic E-state index is 14.1. The Morgan fingerprint density at radius 1 is 1.25 bits per heavy atom. The lowest BCUT2D eigenvalue weighted by Gasteiger charge is -2.42. The third-order valence-electron chi connectivity index (χ3n) is 10.3. The number of nitrogens with zero attached hydrogens (tertiary/aromatic N) is 2. The van der Waals surface area contributed by atoms with Crippen molar-refractivity contribution in [2.24, 2.45) is 5.92 Å². The first-order valence-electron chi connectivity index (χ1n) is 17.3. The summed E-state index contributed by atoms with van der Waals surface area (Å²) >= 11 is 6.75. The number of epoxide rings is 1. The SMILES string of the molecule is CCCCC(=O)N(C)[C@@H](C)C(=O)O[C@H]1CC(=O)N(C)c2cc(cc(OC)c2Cl)C/C(C)=C/C=C/[C@@H](OC)[C@@]2(O)CC(OC(=O)N2)[C@@H](C)[C@@H]2O[C@@]12C. The molecule has 3 aliphatic heterocycles. The number of halogens is 1. The molecule has 3 heterocycles. The van der Waals surface area contributed by atoms with Crippen molar-refractivity contribution in [1.29, 1.82) is 0 Å². The van der Waals surface area contributed by atoms with Gasteiger partial charge < -0.3 is 38.6 Å². The van der Waals surface area contributed by atoms with Crippen molar-refractivity contribution in [2.45, 2.75) is 115 Å². The zero-order valence-electron chi connectivity index (χ0n) is 31.0. The van der Waals surface area contributed by atoms with Crippen LogP contribution < -0.4 is 15.0 Å². The number of benzene rings is 1. The number of hydrogen-bond acceptors (Lipinski definition) is 10. The highest BCUT2D eigenvalue weighted by Crippen LogP contribution is 2.49. The lowest BCUT2D eigenvalue weighted by Crippen LogP contribution is -2.63. The average molecular weight is 734 g/mol. The Hall–Kier alpha value is -3.65. The van der Waals surface area contributed by atoms with Gasteiger partial charge in [0.25, 0.3) is 0 Å². The molecule has 3 aliphatic rings. The van der Waals surface area contributed by atoms with Crippen LogP contribution in [0, 0.1) is 5.92 Å². The van der Waals surface area contributed by atoms with E-state index in [1.54, 1.807) is 59.2 Å². The maximum absolute atomic E-state index is 14.1. The molecule has 0 aliphatic carbocycles. The highest BCUT2D eigenvalue weighted by Gasteiger charge is 2.64. The van der Waals surface area contributed by atoms with E-state index in [1.807, 2.05) is 19.9 Å². The number of amides is 3. The molecular formula is C37H52ClN3O10. The monoisotopic (exact) mass is 733 g/mol. The van der Waals surface area contributed by atoms with Gasteiger partial charge >= 0.3 is 12.1 Å². The number of likely N-dealkylation sites (N-methyl/N-ethyl adjacent to an activating group) is 1. The van der Waals surface area contributed by atoms with Gasteiger partial charge in [-0.05, 0) is 51.3 Å². The number of allylic oxidation sites excluding steroid dienone is 3. The molecule has 1 aromatic carbocycles. The Bertz CT molecular complexity index is 1550. The van der Waals surface area contributed by atoms with E-state index in [2.05, 4.69) is 5.32 Å². The summed E-state index contributed by atoms with van der Waals surface area (Å²) in [4.78, 5) is 56.0. The number of nitrogens with one attached hydrogen (secondary N) is 1. The summed E-state index contributed by atoms with van der Waals surface area (Å²) in [5, 5.41) is 14.5. The van der Waals surface area contributed by atoms with Gasteiger partial charge in [-0.1, -0.05) is 55.7 Å². The number of esters is 1. The molecule has 282 valence electrons. The van der Waals surface area contributed by atoms with Crippen molar-refractivity contribution in [3.63, 3.8) is 0 Å². The van der Waals surface area contributed by atoms with Gasteiger partial charge in [0, 0.05) is 40.0 Å². The predicted octanol–water partition coefficient (Wildman–Crippen LogP) is 4.70. The summed E-state index contributed by atoms with van der Waals surface area (Å²) in [7, 11) is 6.05. The second-order valence-electron chi connectivity index (χ2n) is 14.0. The molecule has 1 aromatic rings. The number of anilines is 1. The molecule has 8 atom stereocenters. The number of hydrogen-bond donors (Lipinski definition) is 2. The van der Waals surface area contributed by atoms with Gasteiger partial charge in [0.1, 0.15) is 40.7 Å². The van der Waals surface area contributed by atoms with Crippen LogP contribution in [-0.4, -0.2) is 104 Å². The van der Waals surface area contributed by atoms with Crippen molar-refractivity contribution in [1.82, 2.24) is 10.2 Å². The Morgan fingerprint density at radius 2 is 1.96 bits per heavy atom. The highest BCUT2D eigenvalue weighted by molar-refractivity contribution is 6.35. The Labute approximate surface area is 305 Å². The summed E-state index contributed by atoms with van der Waals surface area (Å²) in [6.07, 6.45) is 2.84. The van der Waals surface area contributed by atoms with Gasteiger partial charge in [0.05, 0.1) is 25.3 Å². The molecule has 1 unspecified atom stereocenters. The lowest BCUT2D eigenvalue weighted by molar-refractivity contribution is -0.162. The molecule has 51 heavy (non-hydrogen) atoms. The summed E-state index contributed by atoms with van der Waals surface area (Å²) < 4.78 is 29.2. The van der Waals surface area contributed by atoms with Gasteiger partial charge in [-0.15, -0.1) is 0 Å². The number of aliphatic hydroxyl groups is 1. The highest BCUT2D eigenvalue weighted by atomic mass is 35.5. The fraction of sp³-hybridized carbons (Fsp3) is 0.622. The second kappa shape index (κ2) is 16.4. The number of ether oxygens (including phenoxy) is 5. The minimum Gasteiger partial charge on any atom is -0.495 e. The first-order valence-corrected chi connectivity index (χ1v) is 17.7. The van der Waals surface area contributed by atoms with Crippen LogP contribution in [0.25, 0.3) is 0 Å². The van der Waals surface area contributed by atoms with Gasteiger partial charge in [0.15, 0.2) is 5.72 Å². The molecular weight excluding hydrogens is 682 g/mol. The van der Waals surface area contributed by atoms with Crippen molar-refractivity contribution >= 4 is 41.2 Å². The Kier molecular flexibility index (Phi) is 12.9. The third kappa shape index (κ3) is 8.88. The number of fused-ring (bicyclic) bond motifs is 5. The largest absolute Gasteiger partial charge is 0.495 e. The van der Waals surface area contributed by atoms with E-state index in [4.69, 9.17) is 35.3 Å². The normalized spacial score (nSPS) is 31.9. The molecule has 4 rings (SSSR count). The van der Waals surface area contributed by atoms with E-state index in [0.717, 1.165) is 17.6 Å². The van der Waals surface area contributed by atoms with Crippen LogP contribution in [0.2, 0.25) is 5.02 Å². The number of carbonyl (C=O) groups excluding carboxylic acids is 4. The molecule has 4 bridgehead atoms. The predicted molar refractivity (Wildman–Crippen MR) is 190 cm³/mol. The van der Waals surface area contributed by atoms with E-state index in [-0.39, 0.29) is 30.2 Å². The quantitative estimate of drug-likeness (QED) is 0.284. The van der Waals surface area contributed by atoms with Crippen LogP contribution in [0.15, 0.2) is 35.9 Å². The molecule has 2 fully saturated rings. The zero-order chi connectivity index (χ0) is 37.8. The van der Waals surface area contributed by atoms with Crippen molar-refractivity contribution < 1.29 is 48.0 Å². The fourth-order valence-electron chi connectivity index (χ4n) is 6.72. The number of rotatable bonds is 8. The second-order valence-corrected chi connectivity index (χ2v) is 14.4. The smallest absolute Gasteiger partial charge is 0.409 e. The number of methoxy groups -OCH3 is 2. The van der Waals surface area contributed by atoms with E-state index in [0.29, 0.717) is 24.3 Å². The van der Waals surface area contributed by atoms with Crippen molar-refractivity contribution in [2.75, 3.05) is 33.2 Å². The molecule has 0 saturated carbocycles. The van der Waals surface area contributed by atoms with E-state index < -0.39 is 65.7 Å². The summed E-state index contributed by atoms with van der Waals surface area (Å²) in [5.74, 6) is -1.46. The Balaban J connectivity index is 1.76. The van der Waals surface area contributed by atoms with Gasteiger partial charge in [-0.3, -0.25) is 14.9 Å². The topological polar surface area (TPSA) is 156 Å². The van der Waals surface area contributed by atoms with E-state index in [9.17, 15) is 24.3 Å². The van der Waals surface area contributed by atoms with Crippen LogP contribution in [0.4, 0.5) is 10.5 Å². The lowest BCUT2D eigenvalue weighted by atomic mass is 9.83. The van der Waals surface area contributed by atoms with Gasteiger partial charge in [0.2, 0.25) is 11.8 Å². The summed E-state index contributed by atoms with van der Waals surface area (Å²) in [5.41, 5.74) is -0.868. The average Bonchev–Trinajstić information content (AvgIpc) is 3.79. The molecule has 0 radical (unpaired) electrons. The van der Waals surface area contributed by atoms with Crippen LogP contribution in [0.5, 0.6) is 5.75 Å². The summed E-state index contributed by atoms with van der Waals surface area (Å²) in [6.45, 7) is 9.00. The fourth-order valence-corrected chi connectivity index (χ4v) is 7.04. The minimum absolute atomic E-state index is 0.0423. The van der Waals surface area contributed by atoms with E-state index >= 15 is 0 Å². The zero-order valence-corrected chi connectivity index (χ0v) is 31.7. The number of alkyl carbamates (subject to hydrolysis) is 1. The standard InChI is InChI=1S/C37H52ClN3O10/c1-10-11-15-30(42)40(6)23(4)34(44)50-29-19-31(43)41(7)25-17-24(18-26(47-8)32(25)38)16-21(2)13-12-14-28(48-9)37(46)20-27(49-35(45)39-37)22(3)33-36(29,5)51-33/h12-14,17-18,22-23,27-29,33,46H,10-11,15-16,19-20H2,1-9H3,(H,39,45)/b14-12+,21-13+/t22-,23+,27?,28-,29+,33+,36+,37+/m1/s1. The first-order chi connectivity index (χ1) is 24.0. The van der Waals surface area contributed by atoms with Crippen molar-refractivity contribution in [3.05, 3.63) is 46.5 Å². The first kappa shape index (κ1) is 40.1. The molecule has 2 N–H and O–H groups in total. The minimum atomic E-state index is -1.82. The Morgan fingerprint density at radius 3 is 2.61 bits per heavy atom. The molecule has 0 aromatic heterocycles. The number of unbranched alkanes of at least 4 members (excludes halogenated alkanes) is 1. The van der Waals surface area contributed by atoms with Gasteiger partial charge in [-0.2, -0.15) is 0 Å². The van der Waals surface area contributed by atoms with Crippen LogP contribution >= 0.6 is 11.6 Å². The molecule has 3 amide bonds. The van der Waals surface area contributed by atoms with Crippen LogP contribution in [-0.2, 0) is 39.8 Å². The third-order valence-corrected chi connectivity index (χ3v) is 10.6. The summed E-state index contributed by atoms with van der Waals surface area (Å²) in [6, 6.07) is 2.65. The van der Waals surface area contributed by atoms with Gasteiger partial charge in [-0.25, -0.2) is 9.59 Å². The molecule has 2 saturated heterocycles. The number of carbonyl (C=O) groups is 4. The van der Waals surface area contributed by atoms with E-state index in [1.165, 1.54) is 24.0 Å². The molecule has 0 spiro atoms. The molecule has 13 nitrogen and oxygen atoms in total. The maximum Gasteiger partial charge on any atom is 0.409 e. The van der Waals surface area contributed by atoms with Crippen molar-refractivity contribution in [3.8, 4) is 5.75 Å². The van der Waals surface area contributed by atoms with Crippen LogP contribution in [0.3, 0.4) is 0 Å².